The lowest BCUT2D eigenvalue weighted by Gasteiger charge is -2.06. The Morgan fingerprint density at radius 1 is 0.926 bits per heavy atom. The van der Waals surface area contributed by atoms with Gasteiger partial charge in [0.15, 0.2) is 0 Å². The van der Waals surface area contributed by atoms with Crippen LogP contribution in [-0.4, -0.2) is 16.8 Å². The third-order valence-corrected chi connectivity index (χ3v) is 4.20. The molecule has 0 radical (unpaired) electrons. The lowest BCUT2D eigenvalue weighted by molar-refractivity contribution is 0.0842. The van der Waals surface area contributed by atoms with Gasteiger partial charge in [0.05, 0.1) is 0 Å². The van der Waals surface area contributed by atoms with Gasteiger partial charge in [-0.2, -0.15) is 0 Å². The molecule has 7 heteroatoms. The van der Waals surface area contributed by atoms with Gasteiger partial charge in [-0.15, -0.1) is 0 Å². The van der Waals surface area contributed by atoms with E-state index in [0.29, 0.717) is 11.0 Å². The molecule has 0 saturated heterocycles. The Morgan fingerprint density at radius 3 is 2.52 bits per heavy atom. The molecule has 4 aromatic rings. The highest BCUT2D eigenvalue weighted by Gasteiger charge is 2.16. The molecule has 0 saturated carbocycles. The van der Waals surface area contributed by atoms with E-state index in [1.807, 2.05) is 37.3 Å². The largest absolute Gasteiger partial charge is 0.422 e. The molecule has 0 spiro atoms. The van der Waals surface area contributed by atoms with E-state index in [-0.39, 0.29) is 11.3 Å². The molecule has 0 aliphatic heterocycles. The fourth-order valence-electron chi connectivity index (χ4n) is 2.85. The van der Waals surface area contributed by atoms with Crippen molar-refractivity contribution < 1.29 is 14.0 Å². The van der Waals surface area contributed by atoms with Crippen LogP contribution < -0.4 is 16.5 Å². The Hall–Kier alpha value is -3.87. The Morgan fingerprint density at radius 2 is 1.70 bits per heavy atom. The number of amides is 2. The molecule has 3 N–H and O–H groups in total. The highest BCUT2D eigenvalue weighted by molar-refractivity contribution is 6.01. The fraction of sp³-hybridized carbons (Fsp3) is 0.0500. The lowest BCUT2D eigenvalue weighted by atomic mass is 10.1. The van der Waals surface area contributed by atoms with E-state index in [1.54, 1.807) is 18.2 Å². The molecule has 27 heavy (non-hydrogen) atoms. The summed E-state index contributed by atoms with van der Waals surface area (Å²) in [5.41, 5.74) is 6.03. The molecule has 0 aliphatic rings. The van der Waals surface area contributed by atoms with E-state index in [0.717, 1.165) is 16.5 Å². The van der Waals surface area contributed by atoms with Crippen LogP contribution in [0.2, 0.25) is 0 Å². The van der Waals surface area contributed by atoms with Crippen LogP contribution in [0.5, 0.6) is 0 Å². The summed E-state index contributed by atoms with van der Waals surface area (Å²) in [7, 11) is 0. The van der Waals surface area contributed by atoms with E-state index in [2.05, 4.69) is 15.8 Å². The first-order valence-electron chi connectivity index (χ1n) is 8.24. The third kappa shape index (κ3) is 3.18. The number of hydrazine groups is 1. The van der Waals surface area contributed by atoms with Crippen molar-refractivity contribution in [2.75, 3.05) is 0 Å². The normalized spacial score (nSPS) is 10.9. The summed E-state index contributed by atoms with van der Waals surface area (Å²) in [6.45, 7) is 1.89. The van der Waals surface area contributed by atoms with E-state index in [4.69, 9.17) is 4.42 Å². The molecule has 0 bridgehead atoms. The zero-order valence-corrected chi connectivity index (χ0v) is 14.3. The highest BCUT2D eigenvalue weighted by Crippen LogP contribution is 2.16. The standard InChI is InChI=1S/C20H15N3O4/c1-11-6-7-17-13(8-11)9-14(20(26)27-17)18(24)22-23-19(25)16-10-12-4-2-3-5-15(12)21-16/h2-10,21H,1H3,(H,22,24)(H,23,25). The molecule has 4 rings (SSSR count). The molecule has 7 nitrogen and oxygen atoms in total. The second-order valence-corrected chi connectivity index (χ2v) is 6.17. The number of aromatic nitrogens is 1. The number of para-hydroxylation sites is 1. The van der Waals surface area contributed by atoms with E-state index in [9.17, 15) is 14.4 Å². The summed E-state index contributed by atoms with van der Waals surface area (Å²) in [4.78, 5) is 39.5. The monoisotopic (exact) mass is 361 g/mol. The molecular formula is C20H15N3O4. The highest BCUT2D eigenvalue weighted by atomic mass is 16.4. The quantitative estimate of drug-likeness (QED) is 0.377. The first kappa shape index (κ1) is 16.6. The number of nitrogens with one attached hydrogen (secondary N) is 3. The van der Waals surface area contributed by atoms with Crippen molar-refractivity contribution in [2.45, 2.75) is 6.92 Å². The van der Waals surface area contributed by atoms with Gasteiger partial charge in [0.1, 0.15) is 16.8 Å². The zero-order valence-electron chi connectivity index (χ0n) is 14.3. The molecule has 0 aliphatic carbocycles. The van der Waals surface area contributed by atoms with Gasteiger partial charge >= 0.3 is 5.63 Å². The summed E-state index contributed by atoms with van der Waals surface area (Å²) in [6.07, 6.45) is 0. The molecule has 2 aromatic heterocycles. The average molecular weight is 361 g/mol. The number of hydrogen-bond acceptors (Lipinski definition) is 4. The minimum absolute atomic E-state index is 0.190. The third-order valence-electron chi connectivity index (χ3n) is 4.20. The maximum Gasteiger partial charge on any atom is 0.349 e. The summed E-state index contributed by atoms with van der Waals surface area (Å²) >= 11 is 0. The van der Waals surface area contributed by atoms with E-state index in [1.165, 1.54) is 6.07 Å². The average Bonchev–Trinajstić information content (AvgIpc) is 3.10. The SMILES string of the molecule is Cc1ccc2oc(=O)c(C(=O)NNC(=O)c3cc4ccccc4[nH]3)cc2c1. The van der Waals surface area contributed by atoms with Crippen molar-refractivity contribution in [3.05, 3.63) is 81.8 Å². The van der Waals surface area contributed by atoms with E-state index >= 15 is 0 Å². The summed E-state index contributed by atoms with van der Waals surface area (Å²) < 4.78 is 5.16. The Balaban J connectivity index is 1.53. The van der Waals surface area contributed by atoms with Crippen molar-refractivity contribution in [2.24, 2.45) is 0 Å². The molecular weight excluding hydrogens is 346 g/mol. The van der Waals surface area contributed by atoms with Gasteiger partial charge in [0.2, 0.25) is 0 Å². The van der Waals surface area contributed by atoms with Gasteiger partial charge < -0.3 is 9.40 Å². The number of hydrogen-bond donors (Lipinski definition) is 3. The number of benzene rings is 2. The van der Waals surface area contributed by atoms with Crippen molar-refractivity contribution in [1.29, 1.82) is 0 Å². The van der Waals surface area contributed by atoms with Gasteiger partial charge in [-0.25, -0.2) is 4.79 Å². The van der Waals surface area contributed by atoms with Crippen LogP contribution in [0.1, 0.15) is 26.4 Å². The van der Waals surface area contributed by atoms with Crippen LogP contribution >= 0.6 is 0 Å². The maximum atomic E-state index is 12.3. The minimum Gasteiger partial charge on any atom is -0.422 e. The van der Waals surface area contributed by atoms with Crippen LogP contribution in [0.4, 0.5) is 0 Å². The van der Waals surface area contributed by atoms with Crippen LogP contribution in [-0.2, 0) is 0 Å². The predicted octanol–water partition coefficient (Wildman–Crippen LogP) is 2.66. The molecule has 0 unspecified atom stereocenters. The Labute approximate surface area is 153 Å². The second-order valence-electron chi connectivity index (χ2n) is 6.17. The first-order chi connectivity index (χ1) is 13.0. The van der Waals surface area contributed by atoms with Crippen LogP contribution in [0, 0.1) is 6.92 Å². The molecule has 2 aromatic carbocycles. The van der Waals surface area contributed by atoms with Crippen molar-refractivity contribution in [3.63, 3.8) is 0 Å². The smallest absolute Gasteiger partial charge is 0.349 e. The lowest BCUT2D eigenvalue weighted by Crippen LogP contribution is -2.43. The number of fused-ring (bicyclic) bond motifs is 2. The minimum atomic E-state index is -0.774. The summed E-state index contributed by atoms with van der Waals surface area (Å²) in [5, 5.41) is 1.50. The summed E-state index contributed by atoms with van der Waals surface area (Å²) in [5.74, 6) is -1.28. The van der Waals surface area contributed by atoms with Gasteiger partial charge in [-0.1, -0.05) is 29.8 Å². The second kappa shape index (κ2) is 6.45. The number of aryl methyl sites for hydroxylation is 1. The van der Waals surface area contributed by atoms with Crippen molar-refractivity contribution >= 4 is 33.7 Å². The number of rotatable bonds is 2. The Bertz CT molecular complexity index is 1220. The molecule has 0 fully saturated rings. The number of aromatic amines is 1. The number of H-pyrrole nitrogens is 1. The van der Waals surface area contributed by atoms with E-state index < -0.39 is 17.4 Å². The molecule has 134 valence electrons. The molecule has 2 amide bonds. The Kier molecular flexibility index (Phi) is 3.97. The van der Waals surface area contributed by atoms with Gasteiger partial charge in [0, 0.05) is 16.3 Å². The fourth-order valence-corrected chi connectivity index (χ4v) is 2.85. The molecule has 0 atom stereocenters. The van der Waals surface area contributed by atoms with Gasteiger partial charge in [-0.3, -0.25) is 20.4 Å². The molecule has 2 heterocycles. The predicted molar refractivity (Wildman–Crippen MR) is 100 cm³/mol. The van der Waals surface area contributed by atoms with Crippen molar-refractivity contribution in [3.8, 4) is 0 Å². The van der Waals surface area contributed by atoms with Crippen LogP contribution in [0.15, 0.2) is 63.8 Å². The van der Waals surface area contributed by atoms with Gasteiger partial charge in [0.25, 0.3) is 11.8 Å². The number of carbonyl (C=O) groups excluding carboxylic acids is 2. The first-order valence-corrected chi connectivity index (χ1v) is 8.24. The topological polar surface area (TPSA) is 104 Å². The van der Waals surface area contributed by atoms with Crippen LogP contribution in [0.3, 0.4) is 0 Å². The maximum absolute atomic E-state index is 12.3. The zero-order chi connectivity index (χ0) is 19.0. The summed E-state index contributed by atoms with van der Waals surface area (Å²) in [6, 6.07) is 15.8. The van der Waals surface area contributed by atoms with Gasteiger partial charge in [-0.05, 0) is 37.3 Å². The van der Waals surface area contributed by atoms with Crippen molar-refractivity contribution in [1.82, 2.24) is 15.8 Å². The van der Waals surface area contributed by atoms with Crippen LogP contribution in [0.25, 0.3) is 21.9 Å². The number of carbonyl (C=O) groups is 2.